The van der Waals surface area contributed by atoms with E-state index in [0.29, 0.717) is 12.5 Å². The van der Waals surface area contributed by atoms with E-state index in [1.54, 1.807) is 11.3 Å². The van der Waals surface area contributed by atoms with Gasteiger partial charge in [0.2, 0.25) is 0 Å². The maximum absolute atomic E-state index is 6.93. The standard InChI is InChI=1S/C26H56O12SSi4/c1-10-27-41(28-11-2,29-12-3)36-40(24-20-19-21-26-22-23-39-25-26,37-42(30-13-4,31-14-5)32-15-6)38-43(33-16-7,34-17-8)35-18-9/h22-23,25H,10-21,24H2,1-9H3. The van der Waals surface area contributed by atoms with Crippen LogP contribution in [0.4, 0.5) is 0 Å². The number of rotatable bonds is 29. The number of hydrogen-bond donors (Lipinski definition) is 0. The molecule has 0 radical (unpaired) electrons. The number of unbranched alkanes of at least 4 members (excludes halogenated alkanes) is 1. The summed E-state index contributed by atoms with van der Waals surface area (Å²) in [5.74, 6) is 0. The van der Waals surface area contributed by atoms with Crippen LogP contribution in [0.3, 0.4) is 0 Å². The van der Waals surface area contributed by atoms with Crippen molar-refractivity contribution in [2.24, 2.45) is 0 Å². The first-order chi connectivity index (χ1) is 20.7. The smallest absolute Gasteiger partial charge is 0.352 e. The molecule has 0 aromatic carbocycles. The van der Waals surface area contributed by atoms with Gasteiger partial charge in [-0.05, 0) is 104 Å². The van der Waals surface area contributed by atoms with Crippen LogP contribution in [0.15, 0.2) is 16.8 Å². The van der Waals surface area contributed by atoms with E-state index in [1.165, 1.54) is 5.56 Å². The molecule has 0 saturated carbocycles. The van der Waals surface area contributed by atoms with Crippen LogP contribution in [0.1, 0.15) is 80.7 Å². The van der Waals surface area contributed by atoms with Gasteiger partial charge in [-0.15, -0.1) is 0 Å². The van der Waals surface area contributed by atoms with Crippen molar-refractivity contribution >= 4 is 47.3 Å². The Hall–Kier alpha value is 0.0875. The first kappa shape index (κ1) is 41.1. The van der Waals surface area contributed by atoms with Crippen molar-refractivity contribution in [2.75, 3.05) is 59.5 Å². The van der Waals surface area contributed by atoms with E-state index < -0.39 is 35.9 Å². The summed E-state index contributed by atoms with van der Waals surface area (Å²) >= 11 is 1.68. The Kier molecular flexibility index (Phi) is 21.6. The highest BCUT2D eigenvalue weighted by Crippen LogP contribution is 2.34. The van der Waals surface area contributed by atoms with Gasteiger partial charge in [-0.25, -0.2) is 0 Å². The van der Waals surface area contributed by atoms with E-state index in [1.807, 2.05) is 62.3 Å². The average molecular weight is 705 g/mol. The van der Waals surface area contributed by atoms with Crippen molar-refractivity contribution in [2.45, 2.75) is 87.6 Å². The minimum atomic E-state index is -4.10. The average Bonchev–Trinajstić information content (AvgIpc) is 3.46. The summed E-state index contributed by atoms with van der Waals surface area (Å²) in [4.78, 5) is 0. The van der Waals surface area contributed by atoms with Gasteiger partial charge >= 0.3 is 35.9 Å². The van der Waals surface area contributed by atoms with Crippen LogP contribution in [-0.4, -0.2) is 95.4 Å². The molecule has 1 aromatic rings. The zero-order chi connectivity index (χ0) is 32.1. The third-order valence-corrected chi connectivity index (χ3v) is 19.7. The van der Waals surface area contributed by atoms with Gasteiger partial charge in [0.25, 0.3) is 0 Å². The molecule has 12 nitrogen and oxygen atoms in total. The molecule has 0 atom stereocenters. The van der Waals surface area contributed by atoms with Crippen molar-refractivity contribution in [1.82, 2.24) is 0 Å². The summed E-state index contributed by atoms with van der Waals surface area (Å²) in [5, 5.41) is 4.23. The molecule has 1 rings (SSSR count). The molecule has 0 bridgehead atoms. The molecular weight excluding hydrogens is 649 g/mol. The zero-order valence-electron chi connectivity index (χ0n) is 27.7. The van der Waals surface area contributed by atoms with E-state index in [-0.39, 0.29) is 59.5 Å². The Morgan fingerprint density at radius 1 is 0.488 bits per heavy atom. The Balaban J connectivity index is 3.85. The predicted molar refractivity (Wildman–Crippen MR) is 173 cm³/mol. The summed E-state index contributed by atoms with van der Waals surface area (Å²) in [6.45, 7) is 19.2. The van der Waals surface area contributed by atoms with Crippen molar-refractivity contribution in [3.8, 4) is 0 Å². The topological polar surface area (TPSA) is 111 Å². The number of aryl methyl sites for hydroxylation is 1. The third kappa shape index (κ3) is 14.2. The summed E-state index contributed by atoms with van der Waals surface area (Å²) in [5.41, 5.74) is 1.27. The van der Waals surface area contributed by atoms with Gasteiger partial charge in [0, 0.05) is 65.5 Å². The Bertz CT molecular complexity index is 691. The number of hydrogen-bond acceptors (Lipinski definition) is 13. The van der Waals surface area contributed by atoms with Crippen LogP contribution >= 0.6 is 11.3 Å². The monoisotopic (exact) mass is 704 g/mol. The van der Waals surface area contributed by atoms with Crippen molar-refractivity contribution in [3.05, 3.63) is 22.4 Å². The van der Waals surface area contributed by atoms with Crippen molar-refractivity contribution in [1.29, 1.82) is 0 Å². The van der Waals surface area contributed by atoms with Crippen molar-refractivity contribution < 1.29 is 52.2 Å². The van der Waals surface area contributed by atoms with Crippen LogP contribution in [0.5, 0.6) is 0 Å². The lowest BCUT2D eigenvalue weighted by Gasteiger charge is -2.43. The molecule has 0 saturated heterocycles. The highest BCUT2D eigenvalue weighted by atomic mass is 32.1. The number of thiophene rings is 1. The van der Waals surface area contributed by atoms with Gasteiger partial charge in [-0.1, -0.05) is 0 Å². The van der Waals surface area contributed by atoms with E-state index in [4.69, 9.17) is 52.2 Å². The first-order valence-corrected chi connectivity index (χ1v) is 23.4. The summed E-state index contributed by atoms with van der Waals surface area (Å²) in [6, 6.07) is 2.45. The minimum Gasteiger partial charge on any atom is -0.352 e. The lowest BCUT2D eigenvalue weighted by Crippen LogP contribution is -2.70. The lowest BCUT2D eigenvalue weighted by atomic mass is 10.2. The molecular formula is C26H56O12SSi4. The van der Waals surface area contributed by atoms with Crippen molar-refractivity contribution in [3.63, 3.8) is 0 Å². The van der Waals surface area contributed by atoms with E-state index in [9.17, 15) is 0 Å². The molecule has 0 aliphatic heterocycles. The highest BCUT2D eigenvalue weighted by Gasteiger charge is 2.67. The maximum Gasteiger partial charge on any atom is 0.672 e. The molecule has 254 valence electrons. The molecule has 0 unspecified atom stereocenters. The largest absolute Gasteiger partial charge is 0.672 e. The normalized spacial score (nSPS) is 13.2. The van der Waals surface area contributed by atoms with E-state index in [0.717, 1.165) is 12.8 Å². The van der Waals surface area contributed by atoms with Gasteiger partial charge in [-0.2, -0.15) is 11.3 Å². The molecule has 0 N–H and O–H groups in total. The maximum atomic E-state index is 6.93. The van der Waals surface area contributed by atoms with Crippen LogP contribution in [-0.2, 0) is 58.6 Å². The Morgan fingerprint density at radius 3 is 1.07 bits per heavy atom. The fourth-order valence-corrected chi connectivity index (χ4v) is 19.0. The van der Waals surface area contributed by atoms with Gasteiger partial charge in [-0.3, -0.25) is 0 Å². The van der Waals surface area contributed by atoms with Crippen LogP contribution in [0.25, 0.3) is 0 Å². The minimum absolute atomic E-state index is 0.283. The second-order valence-electron chi connectivity index (χ2n) is 8.73. The second-order valence-corrected chi connectivity index (χ2v) is 19.4. The molecule has 0 fully saturated rings. The van der Waals surface area contributed by atoms with Gasteiger partial charge in [0.15, 0.2) is 0 Å². The fourth-order valence-electron chi connectivity index (χ4n) is 4.12. The zero-order valence-corrected chi connectivity index (χ0v) is 32.5. The molecule has 0 spiro atoms. The molecule has 17 heteroatoms. The van der Waals surface area contributed by atoms with Crippen LogP contribution in [0, 0.1) is 0 Å². The molecule has 43 heavy (non-hydrogen) atoms. The highest BCUT2D eigenvalue weighted by molar-refractivity contribution is 7.07. The summed E-state index contributed by atoms with van der Waals surface area (Å²) < 4.78 is 76.2. The first-order valence-electron chi connectivity index (χ1n) is 15.6. The summed E-state index contributed by atoms with van der Waals surface area (Å²) in [6.07, 6.45) is 2.39. The molecule has 0 amide bonds. The fraction of sp³-hybridized carbons (Fsp3) is 0.846. The van der Waals surface area contributed by atoms with Gasteiger partial charge in [0.05, 0.1) is 0 Å². The van der Waals surface area contributed by atoms with Crippen LogP contribution < -0.4 is 0 Å². The van der Waals surface area contributed by atoms with E-state index >= 15 is 0 Å². The second kappa shape index (κ2) is 22.6. The Labute approximate surface area is 268 Å². The Morgan fingerprint density at radius 2 is 0.814 bits per heavy atom. The third-order valence-electron chi connectivity index (χ3n) is 5.51. The molecule has 1 aromatic heterocycles. The van der Waals surface area contributed by atoms with E-state index in [2.05, 4.69) is 16.8 Å². The van der Waals surface area contributed by atoms with Gasteiger partial charge in [0.1, 0.15) is 0 Å². The molecule has 1 heterocycles. The van der Waals surface area contributed by atoms with Crippen LogP contribution in [0.2, 0.25) is 6.04 Å². The molecule has 0 aliphatic rings. The predicted octanol–water partition coefficient (Wildman–Crippen LogP) is 5.69. The van der Waals surface area contributed by atoms with Gasteiger partial charge < -0.3 is 52.2 Å². The quantitative estimate of drug-likeness (QED) is 0.0754. The molecule has 0 aliphatic carbocycles. The SMILES string of the molecule is CCO[Si](OCC)(OCC)O[Si](CCCCc1ccsc1)(O[Si](OCC)(OCC)OCC)O[Si](OCC)(OCC)OCC. The lowest BCUT2D eigenvalue weighted by molar-refractivity contribution is -0.0545. The summed E-state index contributed by atoms with van der Waals surface area (Å²) in [7, 11) is -15.7.